The van der Waals surface area contributed by atoms with Gasteiger partial charge in [0.15, 0.2) is 5.82 Å². The van der Waals surface area contributed by atoms with Gasteiger partial charge in [0.05, 0.1) is 5.51 Å². The van der Waals surface area contributed by atoms with Crippen LogP contribution in [0, 0.1) is 0 Å². The van der Waals surface area contributed by atoms with Crippen molar-refractivity contribution in [1.29, 1.82) is 0 Å². The van der Waals surface area contributed by atoms with Gasteiger partial charge in [-0.3, -0.25) is 15.6 Å². The summed E-state index contributed by atoms with van der Waals surface area (Å²) in [5.41, 5.74) is 9.17. The Morgan fingerprint density at radius 3 is 3.20 bits per heavy atom. The van der Waals surface area contributed by atoms with Crippen molar-refractivity contribution < 1.29 is 4.79 Å². The lowest BCUT2D eigenvalue weighted by atomic mass is 10.5. The number of hydrazine groups is 2. The third-order valence-corrected chi connectivity index (χ3v) is 1.96. The highest BCUT2D eigenvalue weighted by molar-refractivity contribution is 7.12. The maximum atomic E-state index is 10.9. The summed E-state index contributed by atoms with van der Waals surface area (Å²) >= 11 is 1.31. The molecule has 6 heteroatoms. The summed E-state index contributed by atoms with van der Waals surface area (Å²) < 4.78 is 0. The number of fused-ring (bicyclic) bond motifs is 1. The number of carbonyl (C=O) groups excluding carboxylic acids is 1. The van der Waals surface area contributed by atoms with E-state index >= 15 is 0 Å². The second-order valence-electron chi connectivity index (χ2n) is 1.73. The Balaban J connectivity index is 2.50. The molecular formula is C4H4N4OS. The zero-order valence-electron chi connectivity index (χ0n) is 4.84. The summed E-state index contributed by atoms with van der Waals surface area (Å²) in [6, 6.07) is 0. The van der Waals surface area contributed by atoms with Crippen LogP contribution in [0.1, 0.15) is 9.67 Å². The van der Waals surface area contributed by atoms with Crippen LogP contribution in [0.15, 0.2) is 5.51 Å². The number of nitrogens with one attached hydrogen (secondary N) is 3. The monoisotopic (exact) mass is 156 g/mol. The molecule has 10 heavy (non-hydrogen) atoms. The number of nitrogens with zero attached hydrogens (tertiary/aromatic N) is 1. The number of hydrogen-bond donors (Lipinski definition) is 3. The molecule has 0 fully saturated rings. The summed E-state index contributed by atoms with van der Waals surface area (Å²) in [5, 5.41) is 0. The van der Waals surface area contributed by atoms with Crippen molar-refractivity contribution in [2.24, 2.45) is 0 Å². The van der Waals surface area contributed by atoms with Crippen molar-refractivity contribution in [2.45, 2.75) is 0 Å². The lowest BCUT2D eigenvalue weighted by Gasteiger charge is -2.13. The molecule has 1 amide bonds. The van der Waals surface area contributed by atoms with E-state index in [1.165, 1.54) is 11.3 Å². The van der Waals surface area contributed by atoms with Crippen LogP contribution in [0.2, 0.25) is 0 Å². The largest absolute Gasteiger partial charge is 0.286 e. The lowest BCUT2D eigenvalue weighted by Crippen LogP contribution is -2.45. The molecule has 0 aromatic carbocycles. The van der Waals surface area contributed by atoms with Crippen molar-refractivity contribution in [2.75, 3.05) is 5.43 Å². The van der Waals surface area contributed by atoms with Gasteiger partial charge >= 0.3 is 0 Å². The number of hydrogen-bond acceptors (Lipinski definition) is 5. The van der Waals surface area contributed by atoms with Crippen molar-refractivity contribution >= 4 is 23.1 Å². The summed E-state index contributed by atoms with van der Waals surface area (Å²) in [6.07, 6.45) is 0. The molecule has 2 heterocycles. The van der Waals surface area contributed by atoms with Crippen LogP contribution in [0.5, 0.6) is 0 Å². The Hall–Kier alpha value is -1.14. The van der Waals surface area contributed by atoms with Crippen LogP contribution < -0.4 is 16.4 Å². The third-order valence-electron chi connectivity index (χ3n) is 1.13. The molecular weight excluding hydrogens is 152 g/mol. The summed E-state index contributed by atoms with van der Waals surface area (Å²) in [7, 11) is 0. The summed E-state index contributed by atoms with van der Waals surface area (Å²) in [5.74, 6) is 0.449. The van der Waals surface area contributed by atoms with Gasteiger partial charge in [0.1, 0.15) is 4.88 Å². The predicted octanol–water partition coefficient (Wildman–Crippen LogP) is -0.282. The molecule has 2 rings (SSSR count). The topological polar surface area (TPSA) is 66.1 Å². The highest BCUT2D eigenvalue weighted by Crippen LogP contribution is 2.18. The van der Waals surface area contributed by atoms with E-state index < -0.39 is 0 Å². The van der Waals surface area contributed by atoms with E-state index in [1.807, 2.05) is 0 Å². The number of anilines is 1. The molecule has 1 aromatic rings. The molecule has 0 saturated carbocycles. The van der Waals surface area contributed by atoms with E-state index in [0.29, 0.717) is 10.7 Å². The molecule has 1 aromatic heterocycles. The summed E-state index contributed by atoms with van der Waals surface area (Å²) in [6.45, 7) is 0. The standard InChI is InChI=1S/C4H4N4OS/c9-4-2-3(5-1-10-2)6-8-7-4/h1,6,8H,(H,7,9). The first-order chi connectivity index (χ1) is 4.88. The van der Waals surface area contributed by atoms with Gasteiger partial charge in [-0.25, -0.2) is 4.98 Å². The molecule has 0 bridgehead atoms. The van der Waals surface area contributed by atoms with Gasteiger partial charge in [-0.05, 0) is 0 Å². The normalized spacial score (nSPS) is 15.4. The van der Waals surface area contributed by atoms with Crippen molar-refractivity contribution in [3.63, 3.8) is 0 Å². The molecule has 0 atom stereocenters. The van der Waals surface area contributed by atoms with Crippen molar-refractivity contribution in [3.8, 4) is 0 Å². The van der Waals surface area contributed by atoms with Gasteiger partial charge in [-0.2, -0.15) is 0 Å². The Morgan fingerprint density at radius 2 is 2.40 bits per heavy atom. The molecule has 0 saturated heterocycles. The number of aromatic nitrogens is 1. The van der Waals surface area contributed by atoms with Crippen LogP contribution in [0.4, 0.5) is 5.82 Å². The maximum absolute atomic E-state index is 10.9. The van der Waals surface area contributed by atoms with E-state index in [9.17, 15) is 4.79 Å². The minimum atomic E-state index is -0.142. The lowest BCUT2D eigenvalue weighted by molar-refractivity contribution is 0.0935. The zero-order valence-corrected chi connectivity index (χ0v) is 5.66. The molecule has 0 aliphatic carbocycles. The molecule has 0 unspecified atom stereocenters. The number of thiazole rings is 1. The Kier molecular flexibility index (Phi) is 1.08. The van der Waals surface area contributed by atoms with E-state index in [-0.39, 0.29) is 5.91 Å². The van der Waals surface area contributed by atoms with Crippen LogP contribution >= 0.6 is 11.3 Å². The highest BCUT2D eigenvalue weighted by atomic mass is 32.1. The molecule has 0 radical (unpaired) electrons. The van der Waals surface area contributed by atoms with Crippen LogP contribution in [0.3, 0.4) is 0 Å². The van der Waals surface area contributed by atoms with Gasteiger partial charge in [0, 0.05) is 0 Å². The maximum Gasteiger partial charge on any atom is 0.280 e. The molecule has 0 spiro atoms. The van der Waals surface area contributed by atoms with Gasteiger partial charge in [0.25, 0.3) is 5.91 Å². The second-order valence-corrected chi connectivity index (χ2v) is 2.59. The predicted molar refractivity (Wildman–Crippen MR) is 36.3 cm³/mol. The molecule has 3 N–H and O–H groups in total. The second kappa shape index (κ2) is 1.93. The van der Waals surface area contributed by atoms with Crippen molar-refractivity contribution in [1.82, 2.24) is 15.9 Å². The Labute approximate surface area is 60.4 Å². The fourth-order valence-electron chi connectivity index (χ4n) is 0.700. The number of rotatable bonds is 0. The smallest absolute Gasteiger partial charge is 0.280 e. The first kappa shape index (κ1) is 5.63. The van der Waals surface area contributed by atoms with Crippen LogP contribution in [-0.4, -0.2) is 10.9 Å². The third kappa shape index (κ3) is 0.662. The first-order valence-corrected chi connectivity index (χ1v) is 3.51. The minimum Gasteiger partial charge on any atom is -0.286 e. The number of carbonyl (C=O) groups is 1. The summed E-state index contributed by atoms with van der Waals surface area (Å²) in [4.78, 5) is 15.4. The average Bonchev–Trinajstić information content (AvgIpc) is 2.36. The molecule has 5 nitrogen and oxygen atoms in total. The molecule has 52 valence electrons. The Bertz CT molecular complexity index is 270. The van der Waals surface area contributed by atoms with Crippen LogP contribution in [0.25, 0.3) is 0 Å². The fraction of sp³-hybridized carbons (Fsp3) is 0. The van der Waals surface area contributed by atoms with E-state index in [4.69, 9.17) is 0 Å². The van der Waals surface area contributed by atoms with E-state index in [0.717, 1.165) is 0 Å². The SMILES string of the molecule is O=C1NNNc2ncsc21. The van der Waals surface area contributed by atoms with Gasteiger partial charge in [0.2, 0.25) is 0 Å². The first-order valence-electron chi connectivity index (χ1n) is 2.63. The van der Waals surface area contributed by atoms with Gasteiger partial charge < -0.3 is 0 Å². The quantitative estimate of drug-likeness (QED) is 0.483. The molecule has 1 aliphatic rings. The van der Waals surface area contributed by atoms with Gasteiger partial charge in [-0.15, -0.1) is 16.9 Å². The van der Waals surface area contributed by atoms with Gasteiger partial charge in [-0.1, -0.05) is 0 Å². The minimum absolute atomic E-state index is 0.142. The van der Waals surface area contributed by atoms with Crippen molar-refractivity contribution in [3.05, 3.63) is 10.4 Å². The average molecular weight is 156 g/mol. The number of amides is 1. The van der Waals surface area contributed by atoms with E-state index in [1.54, 1.807) is 5.51 Å². The zero-order chi connectivity index (χ0) is 6.97. The molecule has 1 aliphatic heterocycles. The fourth-order valence-corrected chi connectivity index (χ4v) is 1.34. The van der Waals surface area contributed by atoms with Crippen LogP contribution in [-0.2, 0) is 0 Å². The Morgan fingerprint density at radius 1 is 1.50 bits per heavy atom. The van der Waals surface area contributed by atoms with E-state index in [2.05, 4.69) is 21.4 Å². The highest BCUT2D eigenvalue weighted by Gasteiger charge is 2.17.